The Hall–Kier alpha value is -3.36. The highest BCUT2D eigenvalue weighted by molar-refractivity contribution is 6.35. The summed E-state index contributed by atoms with van der Waals surface area (Å²) in [4.78, 5) is 18.0. The molecule has 31 heavy (non-hydrogen) atoms. The Bertz CT molecular complexity index is 1210. The van der Waals surface area contributed by atoms with E-state index in [1.54, 1.807) is 10.9 Å². The number of nitrogens with zero attached hydrogens (tertiary/aromatic N) is 3. The third-order valence-corrected chi connectivity index (χ3v) is 5.89. The molecule has 0 fully saturated rings. The van der Waals surface area contributed by atoms with Crippen LogP contribution in [0.1, 0.15) is 35.2 Å². The third kappa shape index (κ3) is 3.34. The van der Waals surface area contributed by atoms with Crippen LogP contribution < -0.4 is 10.1 Å². The summed E-state index contributed by atoms with van der Waals surface area (Å²) >= 11 is 0. The van der Waals surface area contributed by atoms with Crippen molar-refractivity contribution in [3.8, 4) is 17.0 Å². The first-order chi connectivity index (χ1) is 14.9. The van der Waals surface area contributed by atoms with Gasteiger partial charge in [0.2, 0.25) is 5.88 Å². The Morgan fingerprint density at radius 3 is 2.90 bits per heavy atom. The highest BCUT2D eigenvalue weighted by Crippen LogP contribution is 2.39. The zero-order chi connectivity index (χ0) is 21.7. The van der Waals surface area contributed by atoms with Crippen molar-refractivity contribution in [2.75, 3.05) is 25.5 Å². The molecule has 2 aliphatic heterocycles. The van der Waals surface area contributed by atoms with Gasteiger partial charge in [-0.25, -0.2) is 4.68 Å². The number of carbonyl (C=O) groups is 1. The lowest BCUT2D eigenvalue weighted by atomic mass is 9.99. The van der Waals surface area contributed by atoms with Crippen molar-refractivity contribution in [2.24, 2.45) is 7.05 Å². The van der Waals surface area contributed by atoms with Crippen LogP contribution in [0.25, 0.3) is 22.8 Å². The van der Waals surface area contributed by atoms with E-state index in [-0.39, 0.29) is 5.91 Å². The molecule has 2 bridgehead atoms. The second-order valence-electron chi connectivity index (χ2n) is 8.14. The van der Waals surface area contributed by atoms with Gasteiger partial charge in [0.15, 0.2) is 0 Å². The van der Waals surface area contributed by atoms with E-state index in [1.807, 2.05) is 56.3 Å². The van der Waals surface area contributed by atoms with E-state index in [0.29, 0.717) is 24.6 Å². The Kier molecular flexibility index (Phi) is 4.68. The maximum atomic E-state index is 12.8. The Morgan fingerprint density at radius 1 is 1.23 bits per heavy atom. The molecular formula is C23H25N5O3. The van der Waals surface area contributed by atoms with Gasteiger partial charge in [-0.15, -0.1) is 0 Å². The number of benzene rings is 1. The molecule has 2 aliphatic rings. The lowest BCUT2D eigenvalue weighted by Crippen LogP contribution is -2.26. The molecule has 2 aromatic heterocycles. The molecule has 3 N–H and O–H groups in total. The van der Waals surface area contributed by atoms with Crippen LogP contribution in [0.15, 0.2) is 30.5 Å². The number of anilines is 1. The average Bonchev–Trinajstić information content (AvgIpc) is 3.39. The van der Waals surface area contributed by atoms with Crippen molar-refractivity contribution in [2.45, 2.75) is 19.6 Å². The molecule has 1 aromatic carbocycles. The highest BCUT2D eigenvalue weighted by Gasteiger charge is 2.27. The van der Waals surface area contributed by atoms with E-state index >= 15 is 0 Å². The summed E-state index contributed by atoms with van der Waals surface area (Å²) in [7, 11) is 3.72. The van der Waals surface area contributed by atoms with Gasteiger partial charge >= 0.3 is 0 Å². The molecule has 5 rings (SSSR count). The molecule has 4 heterocycles. The van der Waals surface area contributed by atoms with Gasteiger partial charge < -0.3 is 20.1 Å². The number of aryl methyl sites for hydroxylation is 2. The minimum atomic E-state index is -0.801. The quantitative estimate of drug-likeness (QED) is 0.521. The average molecular weight is 419 g/mol. The van der Waals surface area contributed by atoms with Crippen LogP contribution in [-0.2, 0) is 11.8 Å². The van der Waals surface area contributed by atoms with Crippen LogP contribution in [-0.4, -0.2) is 50.9 Å². The molecule has 0 aliphatic carbocycles. The number of hydrogen-bond donors (Lipinski definition) is 3. The monoisotopic (exact) mass is 419 g/mol. The van der Waals surface area contributed by atoms with E-state index in [0.717, 1.165) is 45.7 Å². The second kappa shape index (κ2) is 7.40. The van der Waals surface area contributed by atoms with Crippen molar-refractivity contribution in [3.63, 3.8) is 0 Å². The van der Waals surface area contributed by atoms with Crippen LogP contribution in [0.2, 0.25) is 0 Å². The van der Waals surface area contributed by atoms with E-state index in [9.17, 15) is 9.90 Å². The molecule has 160 valence electrons. The number of aliphatic hydroxyl groups is 1. The van der Waals surface area contributed by atoms with Gasteiger partial charge in [-0.05, 0) is 50.2 Å². The maximum Gasteiger partial charge on any atom is 0.256 e. The highest BCUT2D eigenvalue weighted by atomic mass is 16.5. The number of aromatic amines is 1. The molecule has 1 unspecified atom stereocenters. The normalized spacial score (nSPS) is 20.6. The van der Waals surface area contributed by atoms with Crippen molar-refractivity contribution >= 4 is 23.2 Å². The van der Waals surface area contributed by atoms with E-state index in [1.165, 1.54) is 0 Å². The summed E-state index contributed by atoms with van der Waals surface area (Å²) in [5.74, 6) is 0.516. The fourth-order valence-electron chi connectivity index (χ4n) is 4.25. The van der Waals surface area contributed by atoms with Gasteiger partial charge in [0.05, 0.1) is 23.9 Å². The fourth-order valence-corrected chi connectivity index (χ4v) is 4.25. The lowest BCUT2D eigenvalue weighted by Gasteiger charge is -2.23. The number of fused-ring (bicyclic) bond motifs is 4. The van der Waals surface area contributed by atoms with Crippen molar-refractivity contribution in [1.29, 1.82) is 0 Å². The van der Waals surface area contributed by atoms with Crippen molar-refractivity contribution in [1.82, 2.24) is 19.7 Å². The van der Waals surface area contributed by atoms with E-state index < -0.39 is 6.23 Å². The second-order valence-corrected chi connectivity index (χ2v) is 8.14. The summed E-state index contributed by atoms with van der Waals surface area (Å²) in [6.07, 6.45) is 3.55. The number of aromatic nitrogens is 3. The number of ether oxygens (including phenoxy) is 1. The molecule has 0 radical (unpaired) electrons. The van der Waals surface area contributed by atoms with Crippen LogP contribution in [0.4, 0.5) is 5.69 Å². The van der Waals surface area contributed by atoms with Crippen LogP contribution in [0, 0.1) is 6.92 Å². The summed E-state index contributed by atoms with van der Waals surface area (Å²) in [6, 6.07) is 7.78. The Balaban J connectivity index is 1.70. The number of carbonyl (C=O) groups excluding carboxylic acids is 1. The van der Waals surface area contributed by atoms with Crippen LogP contribution >= 0.6 is 0 Å². The zero-order valence-corrected chi connectivity index (χ0v) is 17.8. The van der Waals surface area contributed by atoms with Crippen molar-refractivity contribution < 1.29 is 14.6 Å². The SMILES string of the molecule is Cc1cc2c([nH]1)/C=C1\C(=O)Nc3ccc(cc31)-c1cnn(C)c1OCCCN(C)C2O. The third-order valence-electron chi connectivity index (χ3n) is 5.89. The van der Waals surface area contributed by atoms with Crippen LogP contribution in [0.3, 0.4) is 0 Å². The Morgan fingerprint density at radius 2 is 2.06 bits per heavy atom. The predicted octanol–water partition coefficient (Wildman–Crippen LogP) is 2.92. The zero-order valence-electron chi connectivity index (χ0n) is 17.8. The maximum absolute atomic E-state index is 12.8. The molecular weight excluding hydrogens is 394 g/mol. The van der Waals surface area contributed by atoms with Gasteiger partial charge in [-0.2, -0.15) is 5.10 Å². The molecule has 0 saturated heterocycles. The van der Waals surface area contributed by atoms with Gasteiger partial charge in [-0.3, -0.25) is 9.69 Å². The standard InChI is InChI=1S/C23H25N5O3/c1-13-9-17-20(25-13)11-16-15-10-14(5-6-19(15)26-21(16)29)18-12-24-28(3)23(18)31-8-4-7-27(2)22(17)30/h5-6,9-12,22,25,30H,4,7-8H2,1-3H3,(H,26,29)/b16-11-. The predicted molar refractivity (Wildman–Crippen MR) is 118 cm³/mol. The lowest BCUT2D eigenvalue weighted by molar-refractivity contribution is -0.110. The first-order valence-corrected chi connectivity index (χ1v) is 10.3. The molecule has 3 aromatic rings. The topological polar surface area (TPSA) is 95.4 Å². The molecule has 0 saturated carbocycles. The van der Waals surface area contributed by atoms with Gasteiger partial charge in [0.25, 0.3) is 5.91 Å². The summed E-state index contributed by atoms with van der Waals surface area (Å²) in [5, 5.41) is 18.3. The number of hydrogen-bond acceptors (Lipinski definition) is 5. The molecule has 8 nitrogen and oxygen atoms in total. The number of nitrogens with one attached hydrogen (secondary N) is 2. The minimum absolute atomic E-state index is 0.167. The van der Waals surface area contributed by atoms with E-state index in [2.05, 4.69) is 15.4 Å². The smallest absolute Gasteiger partial charge is 0.256 e. The van der Waals surface area contributed by atoms with Gasteiger partial charge in [0.1, 0.15) is 6.23 Å². The van der Waals surface area contributed by atoms with E-state index in [4.69, 9.17) is 4.74 Å². The number of amides is 1. The van der Waals surface area contributed by atoms with Crippen molar-refractivity contribution in [3.05, 3.63) is 53.0 Å². The van der Waals surface area contributed by atoms with Gasteiger partial charge in [-0.1, -0.05) is 6.07 Å². The fraction of sp³-hybridized carbons (Fsp3) is 0.304. The summed E-state index contributed by atoms with van der Waals surface area (Å²) < 4.78 is 7.79. The molecule has 1 atom stereocenters. The summed E-state index contributed by atoms with van der Waals surface area (Å²) in [5.41, 5.74) is 6.33. The molecule has 8 heteroatoms. The first kappa shape index (κ1) is 19.6. The largest absolute Gasteiger partial charge is 0.477 e. The van der Waals surface area contributed by atoms with Gasteiger partial charge in [0, 0.05) is 41.8 Å². The minimum Gasteiger partial charge on any atom is -0.477 e. The first-order valence-electron chi connectivity index (χ1n) is 10.3. The number of aliphatic hydroxyl groups excluding tert-OH is 1. The molecule has 0 spiro atoms. The van der Waals surface area contributed by atoms with Crippen LogP contribution in [0.5, 0.6) is 5.88 Å². The summed E-state index contributed by atoms with van der Waals surface area (Å²) in [6.45, 7) is 3.08. The number of rotatable bonds is 0. The number of H-pyrrole nitrogens is 1. The Labute approximate surface area is 180 Å². The molecule has 1 amide bonds.